The van der Waals surface area contributed by atoms with E-state index >= 15 is 0 Å². The molecule has 5 rings (SSSR count). The second-order valence-electron chi connectivity index (χ2n) is 6.72. The van der Waals surface area contributed by atoms with E-state index < -0.39 is 11.9 Å². The molecule has 0 aliphatic carbocycles. The van der Waals surface area contributed by atoms with Gasteiger partial charge in [0.2, 0.25) is 10.9 Å². The number of carbonyl (C=O) groups is 2. The van der Waals surface area contributed by atoms with Crippen molar-refractivity contribution in [2.75, 3.05) is 0 Å². The van der Waals surface area contributed by atoms with Gasteiger partial charge in [-0.3, -0.25) is 15.2 Å². The fourth-order valence-corrected chi connectivity index (χ4v) is 4.36. The van der Waals surface area contributed by atoms with Crippen LogP contribution in [0, 0.1) is 5.41 Å². The normalized spacial score (nSPS) is 16.5. The lowest BCUT2D eigenvalue weighted by Gasteiger charge is -2.20. The third kappa shape index (κ3) is 4.15. The monoisotopic (exact) mass is 521 g/mol. The van der Waals surface area contributed by atoms with E-state index in [0.29, 0.717) is 20.2 Å². The van der Waals surface area contributed by atoms with Crippen LogP contribution in [-0.2, 0) is 4.79 Å². The molecule has 162 valence electrons. The van der Waals surface area contributed by atoms with Crippen molar-refractivity contribution in [3.05, 3.63) is 88.1 Å². The maximum Gasteiger partial charge on any atom is 0.379 e. The van der Waals surface area contributed by atoms with Crippen molar-refractivity contribution >= 4 is 61.7 Å². The molecule has 0 unspecified atom stereocenters. The lowest BCUT2D eigenvalue weighted by Crippen LogP contribution is -2.35. The van der Waals surface area contributed by atoms with Gasteiger partial charge in [-0.2, -0.15) is 15.1 Å². The summed E-state index contributed by atoms with van der Waals surface area (Å²) < 4.78 is 10.8. The summed E-state index contributed by atoms with van der Waals surface area (Å²) in [5.41, 5.74) is 1.46. The number of hydrogen-bond acceptors (Lipinski definition) is 8. The molecule has 1 N–H and O–H groups in total. The zero-order valence-corrected chi connectivity index (χ0v) is 19.0. The van der Waals surface area contributed by atoms with Crippen LogP contribution in [0.5, 0.6) is 5.75 Å². The van der Waals surface area contributed by atoms with Crippen LogP contribution in [0.4, 0.5) is 0 Å². The summed E-state index contributed by atoms with van der Waals surface area (Å²) in [6.45, 7) is 0. The zero-order valence-electron chi connectivity index (χ0n) is 16.6. The van der Waals surface area contributed by atoms with Gasteiger partial charge in [-0.15, -0.1) is 0 Å². The number of thioether (sulfide) groups is 1. The number of halogens is 1. The lowest BCUT2D eigenvalue weighted by atomic mass is 10.1. The summed E-state index contributed by atoms with van der Waals surface area (Å²) in [5, 5.41) is 15.2. The number of pyridine rings is 1. The van der Waals surface area contributed by atoms with Gasteiger partial charge in [0.05, 0.1) is 16.3 Å². The number of furan rings is 1. The van der Waals surface area contributed by atoms with Crippen LogP contribution in [0.1, 0.15) is 21.7 Å². The Balaban J connectivity index is 1.39. The van der Waals surface area contributed by atoms with Gasteiger partial charge in [0.25, 0.3) is 5.91 Å². The third-order valence-electron chi connectivity index (χ3n) is 4.55. The van der Waals surface area contributed by atoms with Crippen molar-refractivity contribution < 1.29 is 18.7 Å². The lowest BCUT2D eigenvalue weighted by molar-refractivity contribution is -0.114. The van der Waals surface area contributed by atoms with Crippen molar-refractivity contribution in [3.8, 4) is 5.75 Å². The van der Waals surface area contributed by atoms with Crippen molar-refractivity contribution in [1.29, 1.82) is 5.41 Å². The van der Waals surface area contributed by atoms with Gasteiger partial charge in [-0.1, -0.05) is 6.07 Å². The number of nitrogens with one attached hydrogen (secondary N) is 1. The van der Waals surface area contributed by atoms with E-state index in [9.17, 15) is 9.59 Å². The van der Waals surface area contributed by atoms with Gasteiger partial charge in [0.1, 0.15) is 10.8 Å². The van der Waals surface area contributed by atoms with Crippen LogP contribution < -0.4 is 4.74 Å². The molecule has 0 spiro atoms. The van der Waals surface area contributed by atoms with Gasteiger partial charge in [-0.05, 0) is 75.7 Å². The fraction of sp³-hybridized carbons (Fsp3) is 0. The number of hydrazone groups is 1. The molecule has 0 atom stereocenters. The average molecular weight is 522 g/mol. The molecule has 11 heteroatoms. The van der Waals surface area contributed by atoms with Gasteiger partial charge in [0.15, 0.2) is 5.84 Å². The van der Waals surface area contributed by atoms with E-state index in [0.717, 1.165) is 5.56 Å². The number of carbonyl (C=O) groups excluding carboxylic acids is 2. The minimum Gasteiger partial charge on any atom is -0.457 e. The number of fused-ring (bicyclic) bond motifs is 1. The molecular weight excluding hydrogens is 510 g/mol. The summed E-state index contributed by atoms with van der Waals surface area (Å²) in [6.07, 6.45) is 6.23. The first-order valence-corrected chi connectivity index (χ1v) is 11.1. The minimum atomic E-state index is -0.633. The van der Waals surface area contributed by atoms with Crippen LogP contribution in [0.25, 0.3) is 6.08 Å². The maximum atomic E-state index is 12.6. The SMILES string of the molecule is N=C1/C(=C/c2ccc(OC(=O)c3ccco3)c(Br)c2)C(=O)N=C2SC(c3cccnc3)=NN12. The number of amides is 1. The Morgan fingerprint density at radius 1 is 1.24 bits per heavy atom. The summed E-state index contributed by atoms with van der Waals surface area (Å²) in [4.78, 5) is 32.9. The molecular formula is C22H12BrN5O4S. The van der Waals surface area contributed by atoms with Gasteiger partial charge in [-0.25, -0.2) is 4.79 Å². The molecule has 9 nitrogen and oxygen atoms in total. The van der Waals surface area contributed by atoms with E-state index in [1.165, 1.54) is 35.2 Å². The average Bonchev–Trinajstić information content (AvgIpc) is 3.49. The Kier molecular flexibility index (Phi) is 5.48. The number of benzene rings is 1. The van der Waals surface area contributed by atoms with Crippen molar-refractivity contribution in [3.63, 3.8) is 0 Å². The van der Waals surface area contributed by atoms with E-state index in [4.69, 9.17) is 14.6 Å². The fourth-order valence-electron chi connectivity index (χ4n) is 3.00. The second-order valence-corrected chi connectivity index (χ2v) is 8.53. The first-order valence-electron chi connectivity index (χ1n) is 9.45. The minimum absolute atomic E-state index is 0.0812. The number of ether oxygens (including phenoxy) is 1. The van der Waals surface area contributed by atoms with Crippen molar-refractivity contribution in [2.24, 2.45) is 10.1 Å². The van der Waals surface area contributed by atoms with Crippen molar-refractivity contribution in [2.45, 2.75) is 0 Å². The van der Waals surface area contributed by atoms with Crippen LogP contribution >= 0.6 is 27.7 Å². The van der Waals surface area contributed by atoms with E-state index in [1.54, 1.807) is 42.7 Å². The first-order chi connectivity index (χ1) is 16.0. The summed E-state index contributed by atoms with van der Waals surface area (Å²) in [5.74, 6) is -0.887. The van der Waals surface area contributed by atoms with Crippen LogP contribution in [-0.4, -0.2) is 37.9 Å². The quantitative estimate of drug-likeness (QED) is 0.308. The molecule has 1 aromatic carbocycles. The number of amidine groups is 2. The summed E-state index contributed by atoms with van der Waals surface area (Å²) >= 11 is 4.57. The largest absolute Gasteiger partial charge is 0.457 e. The summed E-state index contributed by atoms with van der Waals surface area (Å²) in [6, 6.07) is 11.6. The highest BCUT2D eigenvalue weighted by Crippen LogP contribution is 2.32. The number of aliphatic imine (C=N–C) groups is 1. The predicted octanol–water partition coefficient (Wildman–Crippen LogP) is 4.32. The number of hydrogen-bond donors (Lipinski definition) is 1. The Morgan fingerprint density at radius 2 is 2.12 bits per heavy atom. The van der Waals surface area contributed by atoms with Gasteiger partial charge < -0.3 is 9.15 Å². The highest BCUT2D eigenvalue weighted by atomic mass is 79.9. The highest BCUT2D eigenvalue weighted by Gasteiger charge is 2.36. The molecule has 0 radical (unpaired) electrons. The number of esters is 1. The van der Waals surface area contributed by atoms with Gasteiger partial charge >= 0.3 is 5.97 Å². The number of aromatic nitrogens is 1. The molecule has 3 aromatic rings. The molecule has 2 aliphatic heterocycles. The maximum absolute atomic E-state index is 12.6. The molecule has 2 aliphatic rings. The van der Waals surface area contributed by atoms with Gasteiger partial charge in [0, 0.05) is 18.0 Å². The van der Waals surface area contributed by atoms with E-state index in [2.05, 4.69) is 31.0 Å². The smallest absolute Gasteiger partial charge is 0.379 e. The Hall–Kier alpha value is -3.83. The van der Waals surface area contributed by atoms with Crippen LogP contribution in [0.2, 0.25) is 0 Å². The van der Waals surface area contributed by atoms with E-state index in [1.807, 2.05) is 6.07 Å². The molecule has 1 amide bonds. The molecule has 33 heavy (non-hydrogen) atoms. The van der Waals surface area contributed by atoms with Crippen LogP contribution in [0.15, 0.2) is 85.7 Å². The molecule has 0 bridgehead atoms. The number of rotatable bonds is 4. The Bertz CT molecular complexity index is 1380. The molecule has 0 saturated carbocycles. The molecule has 2 aromatic heterocycles. The topological polar surface area (TPSA) is 121 Å². The summed E-state index contributed by atoms with van der Waals surface area (Å²) in [7, 11) is 0. The van der Waals surface area contributed by atoms with Crippen molar-refractivity contribution in [1.82, 2.24) is 9.99 Å². The third-order valence-corrected chi connectivity index (χ3v) is 6.13. The first kappa shape index (κ1) is 21.0. The number of nitrogens with zero attached hydrogens (tertiary/aromatic N) is 4. The predicted molar refractivity (Wildman–Crippen MR) is 126 cm³/mol. The van der Waals surface area contributed by atoms with Crippen LogP contribution in [0.3, 0.4) is 0 Å². The standard InChI is InChI=1S/C22H12BrN5O4S/c23-15-10-12(5-6-16(15)32-21(30)17-4-2-8-31-17)9-14-18(24)28-22(26-19(14)29)33-20(27-28)13-3-1-7-25-11-13/h1-11,24H/b14-9-,24-18?. The zero-order chi connectivity index (χ0) is 22.9. The second kappa shape index (κ2) is 8.60. The van der Waals surface area contributed by atoms with E-state index in [-0.39, 0.29) is 22.9 Å². The highest BCUT2D eigenvalue weighted by molar-refractivity contribution is 9.10. The molecule has 4 heterocycles. The Labute approximate surface area is 199 Å². The molecule has 0 fully saturated rings. The molecule has 0 saturated heterocycles. The Morgan fingerprint density at radius 3 is 2.85 bits per heavy atom.